The molecule has 1 amide bonds. The lowest BCUT2D eigenvalue weighted by Gasteiger charge is -2.35. The Morgan fingerprint density at radius 2 is 2.12 bits per heavy atom. The van der Waals surface area contributed by atoms with Gasteiger partial charge in [-0.15, -0.1) is 0 Å². The van der Waals surface area contributed by atoms with Gasteiger partial charge in [-0.05, 0) is 31.4 Å². The van der Waals surface area contributed by atoms with Crippen LogP contribution in [-0.2, 0) is 9.59 Å². The van der Waals surface area contributed by atoms with E-state index in [1.54, 1.807) is 0 Å². The second-order valence-electron chi connectivity index (χ2n) is 6.25. The second-order valence-corrected chi connectivity index (χ2v) is 6.68. The smallest absolute Gasteiger partial charge is 0.312 e. The predicted molar refractivity (Wildman–Crippen MR) is 89.7 cm³/mol. The van der Waals surface area contributed by atoms with Crippen LogP contribution in [0.15, 0.2) is 18.2 Å². The molecule has 2 rings (SSSR count). The zero-order chi connectivity index (χ0) is 18.7. The van der Waals surface area contributed by atoms with Crippen molar-refractivity contribution in [2.45, 2.75) is 26.4 Å². The summed E-state index contributed by atoms with van der Waals surface area (Å²) < 4.78 is 5.47. The van der Waals surface area contributed by atoms with Crippen LogP contribution in [0.1, 0.15) is 20.3 Å². The molecule has 25 heavy (non-hydrogen) atoms. The Balaban J connectivity index is 2.13. The van der Waals surface area contributed by atoms with Crippen LogP contribution in [0.2, 0.25) is 5.02 Å². The van der Waals surface area contributed by atoms with Crippen LogP contribution in [0.25, 0.3) is 0 Å². The minimum Gasteiger partial charge on any atom is -0.481 e. The molecule has 136 valence electrons. The number of nitro groups is 1. The molecule has 3 atom stereocenters. The molecule has 1 N–H and O–H groups in total. The summed E-state index contributed by atoms with van der Waals surface area (Å²) in [6, 6.07) is 3.92. The third-order valence-corrected chi connectivity index (χ3v) is 4.32. The lowest BCUT2D eigenvalue weighted by molar-refractivity contribution is -0.386. The summed E-state index contributed by atoms with van der Waals surface area (Å²) in [5.74, 6) is -1.97. The van der Waals surface area contributed by atoms with E-state index in [0.717, 1.165) is 6.07 Å². The quantitative estimate of drug-likeness (QED) is 0.630. The number of nitro benzene ring substituents is 1. The highest BCUT2D eigenvalue weighted by molar-refractivity contribution is 6.30. The molecule has 0 aromatic heterocycles. The van der Waals surface area contributed by atoms with Gasteiger partial charge in [0.15, 0.2) is 11.9 Å². The maximum Gasteiger partial charge on any atom is 0.312 e. The van der Waals surface area contributed by atoms with Gasteiger partial charge in [0.05, 0.1) is 10.8 Å². The van der Waals surface area contributed by atoms with Gasteiger partial charge in [0.1, 0.15) is 0 Å². The maximum absolute atomic E-state index is 12.6. The van der Waals surface area contributed by atoms with E-state index in [0.29, 0.717) is 13.0 Å². The normalized spacial score (nSPS) is 21.5. The lowest BCUT2D eigenvalue weighted by atomic mass is 9.90. The van der Waals surface area contributed by atoms with Gasteiger partial charge in [-0.25, -0.2) is 0 Å². The summed E-state index contributed by atoms with van der Waals surface area (Å²) in [7, 11) is 0. The molecule has 1 aromatic carbocycles. The number of carbonyl (C=O) groups excluding carboxylic acids is 1. The number of ether oxygens (including phenoxy) is 1. The number of benzene rings is 1. The predicted octanol–water partition coefficient (Wildman–Crippen LogP) is 2.58. The highest BCUT2D eigenvalue weighted by Crippen LogP contribution is 2.31. The number of carboxylic acid groups (broad SMARTS) is 1. The van der Waals surface area contributed by atoms with Crippen LogP contribution < -0.4 is 4.74 Å². The number of hydrogen-bond acceptors (Lipinski definition) is 5. The van der Waals surface area contributed by atoms with Gasteiger partial charge in [-0.3, -0.25) is 19.7 Å². The van der Waals surface area contributed by atoms with Gasteiger partial charge in [-0.1, -0.05) is 18.5 Å². The number of carboxylic acids is 1. The fourth-order valence-corrected chi connectivity index (χ4v) is 3.11. The average Bonchev–Trinajstić information content (AvgIpc) is 2.54. The number of aliphatic carboxylic acids is 1. The first-order chi connectivity index (χ1) is 11.7. The van der Waals surface area contributed by atoms with Gasteiger partial charge in [-0.2, -0.15) is 0 Å². The molecule has 1 fully saturated rings. The number of likely N-dealkylation sites (tertiary alicyclic amines) is 1. The second kappa shape index (κ2) is 7.69. The highest BCUT2D eigenvalue weighted by atomic mass is 35.5. The van der Waals surface area contributed by atoms with Crippen molar-refractivity contribution in [2.75, 3.05) is 13.1 Å². The van der Waals surface area contributed by atoms with Crippen molar-refractivity contribution in [3.8, 4) is 5.75 Å². The van der Waals surface area contributed by atoms with E-state index in [9.17, 15) is 24.8 Å². The van der Waals surface area contributed by atoms with Crippen LogP contribution in [0.5, 0.6) is 5.75 Å². The number of nitrogens with zero attached hydrogens (tertiary/aromatic N) is 2. The van der Waals surface area contributed by atoms with E-state index < -0.39 is 28.8 Å². The topological polar surface area (TPSA) is 110 Å². The Bertz CT molecular complexity index is 695. The van der Waals surface area contributed by atoms with Crippen LogP contribution >= 0.6 is 11.6 Å². The molecule has 0 bridgehead atoms. The van der Waals surface area contributed by atoms with Crippen LogP contribution in [0.3, 0.4) is 0 Å². The molecule has 0 radical (unpaired) electrons. The molecule has 3 unspecified atom stereocenters. The fourth-order valence-electron chi connectivity index (χ4n) is 2.94. The SMILES string of the molecule is CC1CC(C(=O)O)CN(C(=O)C(C)Oc2ccc(Cl)cc2[N+](=O)[O-])C1. The first-order valence-corrected chi connectivity index (χ1v) is 8.19. The van der Waals surface area contributed by atoms with Gasteiger partial charge in [0.25, 0.3) is 5.91 Å². The number of hydrogen-bond donors (Lipinski definition) is 1. The molecule has 0 saturated carbocycles. The summed E-state index contributed by atoms with van der Waals surface area (Å²) in [6.07, 6.45) is -0.476. The van der Waals surface area contributed by atoms with Crippen molar-refractivity contribution in [1.82, 2.24) is 4.90 Å². The number of rotatable bonds is 5. The number of carbonyl (C=O) groups is 2. The van der Waals surface area contributed by atoms with Crippen molar-refractivity contribution < 1.29 is 24.4 Å². The number of halogens is 1. The van der Waals surface area contributed by atoms with Gasteiger partial charge in [0, 0.05) is 24.2 Å². The summed E-state index contributed by atoms with van der Waals surface area (Å²) in [6.45, 7) is 3.90. The Morgan fingerprint density at radius 3 is 2.72 bits per heavy atom. The fraction of sp³-hybridized carbons (Fsp3) is 0.500. The molecular formula is C16H19ClN2O6. The van der Waals surface area contributed by atoms with Crippen LogP contribution in [-0.4, -0.2) is 46.0 Å². The Hall–Kier alpha value is -2.35. The number of amides is 1. The van der Waals surface area contributed by atoms with E-state index in [-0.39, 0.29) is 28.9 Å². The Kier molecular flexibility index (Phi) is 5.84. The summed E-state index contributed by atoms with van der Waals surface area (Å²) in [4.78, 5) is 35.7. The monoisotopic (exact) mass is 370 g/mol. The third kappa shape index (κ3) is 4.60. The van der Waals surface area contributed by atoms with Gasteiger partial charge >= 0.3 is 11.7 Å². The molecule has 0 spiro atoms. The van der Waals surface area contributed by atoms with E-state index in [2.05, 4.69) is 0 Å². The van der Waals surface area contributed by atoms with Crippen molar-refractivity contribution in [2.24, 2.45) is 11.8 Å². The molecule has 1 aliphatic heterocycles. The molecular weight excluding hydrogens is 352 g/mol. The van der Waals surface area contributed by atoms with Crippen LogP contribution in [0, 0.1) is 22.0 Å². The Morgan fingerprint density at radius 1 is 1.44 bits per heavy atom. The van der Waals surface area contributed by atoms with E-state index in [1.807, 2.05) is 6.92 Å². The van der Waals surface area contributed by atoms with Crippen molar-refractivity contribution in [1.29, 1.82) is 0 Å². The Labute approximate surface area is 149 Å². The van der Waals surface area contributed by atoms with Crippen molar-refractivity contribution in [3.05, 3.63) is 33.3 Å². The minimum atomic E-state index is -0.986. The van der Waals surface area contributed by atoms with E-state index in [4.69, 9.17) is 16.3 Å². The molecule has 8 nitrogen and oxygen atoms in total. The first kappa shape index (κ1) is 19.0. The van der Waals surface area contributed by atoms with Crippen molar-refractivity contribution >= 4 is 29.2 Å². The lowest BCUT2D eigenvalue weighted by Crippen LogP contribution is -2.49. The van der Waals surface area contributed by atoms with Crippen LogP contribution in [0.4, 0.5) is 5.69 Å². The van der Waals surface area contributed by atoms with Crippen molar-refractivity contribution in [3.63, 3.8) is 0 Å². The molecule has 1 aromatic rings. The molecule has 9 heteroatoms. The zero-order valence-electron chi connectivity index (χ0n) is 13.8. The summed E-state index contributed by atoms with van der Waals surface area (Å²) >= 11 is 5.75. The maximum atomic E-state index is 12.6. The summed E-state index contributed by atoms with van der Waals surface area (Å²) in [5, 5.41) is 20.5. The first-order valence-electron chi connectivity index (χ1n) is 7.81. The molecule has 0 aliphatic carbocycles. The van der Waals surface area contributed by atoms with Gasteiger partial charge < -0.3 is 14.7 Å². The minimum absolute atomic E-state index is 0.0517. The van der Waals surface area contributed by atoms with E-state index in [1.165, 1.54) is 24.0 Å². The largest absolute Gasteiger partial charge is 0.481 e. The zero-order valence-corrected chi connectivity index (χ0v) is 14.6. The van der Waals surface area contributed by atoms with Gasteiger partial charge in [0.2, 0.25) is 0 Å². The molecule has 1 saturated heterocycles. The number of piperidine rings is 1. The molecule has 1 heterocycles. The summed E-state index contributed by atoms with van der Waals surface area (Å²) in [5.41, 5.74) is -0.331. The highest BCUT2D eigenvalue weighted by Gasteiger charge is 2.34. The average molecular weight is 371 g/mol. The van der Waals surface area contributed by atoms with E-state index >= 15 is 0 Å². The molecule has 1 aliphatic rings. The standard InChI is InChI=1S/C16H19ClN2O6/c1-9-5-11(16(21)22)8-18(7-9)15(20)10(2)25-14-4-3-12(17)6-13(14)19(23)24/h3-4,6,9-11H,5,7-8H2,1-2H3,(H,21,22). The third-order valence-electron chi connectivity index (χ3n) is 4.09.